The molecular formula is C38H34F4N6O3. The average Bonchev–Trinajstić information content (AvgIpc) is 3.73. The smallest absolute Gasteiger partial charge is 0.319 e. The Balaban J connectivity index is 1.13. The van der Waals surface area contributed by atoms with Crippen LogP contribution in [0.25, 0.3) is 32.9 Å². The molecule has 262 valence electrons. The number of hydrogen-bond donors (Lipinski definition) is 1. The van der Waals surface area contributed by atoms with E-state index in [0.717, 1.165) is 50.1 Å². The maximum atomic E-state index is 16.9. The fraction of sp³-hybridized carbons (Fsp3) is 0.368. The van der Waals surface area contributed by atoms with Crippen molar-refractivity contribution in [2.75, 3.05) is 37.7 Å². The topological polar surface area (TPSA) is 96.2 Å². The molecule has 5 heterocycles. The highest BCUT2D eigenvalue weighted by atomic mass is 19.2. The number of nitrogens with zero attached hydrogens (tertiary/aromatic N) is 6. The first kappa shape index (κ1) is 31.9. The third-order valence-corrected chi connectivity index (χ3v) is 11.0. The number of pyridine rings is 1. The number of hydrogen-bond acceptors (Lipinski definition) is 9. The minimum absolute atomic E-state index is 0.0707. The van der Waals surface area contributed by atoms with Gasteiger partial charge in [-0.15, -0.1) is 0 Å². The molecule has 4 aliphatic rings. The highest BCUT2D eigenvalue weighted by Crippen LogP contribution is 2.43. The third-order valence-electron chi connectivity index (χ3n) is 11.0. The summed E-state index contributed by atoms with van der Waals surface area (Å²) in [5.74, 6) is -2.26. The maximum absolute atomic E-state index is 16.9. The molecule has 3 saturated heterocycles. The van der Waals surface area contributed by atoms with Gasteiger partial charge >= 0.3 is 6.01 Å². The minimum Gasteiger partial charge on any atom is -0.508 e. The summed E-state index contributed by atoms with van der Waals surface area (Å²) in [4.78, 5) is 23.7. The fourth-order valence-corrected chi connectivity index (χ4v) is 8.65. The van der Waals surface area contributed by atoms with Gasteiger partial charge in [-0.05, 0) is 67.9 Å². The monoisotopic (exact) mass is 698 g/mol. The standard InChI is InChI=1S/C38H34F4N6O3/c39-24-15-38(11-4-12-48(38)19-24)20-50-37-44-35-28(16-43-34(32(35)42)27-14-25(49)13-21-9-10-29(40)31(41)30(21)27)36(45-37)47-17-22-7-8-23(18-47)33(22)46-51-26-5-2-1-3-6-26/h1-3,5-6,9-10,13-14,16,22-24,49H,4,7-8,11-12,15,17-20H2/t22?,23?,24-,38+/m1/s1. The summed E-state index contributed by atoms with van der Waals surface area (Å²) in [5.41, 5.74) is -0.0749. The first-order valence-corrected chi connectivity index (χ1v) is 17.3. The molecule has 1 saturated carbocycles. The van der Waals surface area contributed by atoms with Crippen LogP contribution in [0.5, 0.6) is 17.5 Å². The van der Waals surface area contributed by atoms with Crippen molar-refractivity contribution in [1.29, 1.82) is 0 Å². The Morgan fingerprint density at radius 1 is 0.961 bits per heavy atom. The van der Waals surface area contributed by atoms with Gasteiger partial charge in [-0.2, -0.15) is 9.97 Å². The van der Waals surface area contributed by atoms with E-state index in [1.54, 1.807) is 0 Å². The van der Waals surface area contributed by atoms with Crippen molar-refractivity contribution in [1.82, 2.24) is 19.9 Å². The predicted molar refractivity (Wildman–Crippen MR) is 183 cm³/mol. The van der Waals surface area contributed by atoms with E-state index in [0.29, 0.717) is 43.0 Å². The number of phenolic OH excluding ortho intramolecular Hbond substituents is 1. The number of phenols is 1. The Hall–Kier alpha value is -5.04. The summed E-state index contributed by atoms with van der Waals surface area (Å²) < 4.78 is 67.3. The van der Waals surface area contributed by atoms with Gasteiger partial charge in [0.05, 0.1) is 16.6 Å². The number of oxime groups is 1. The van der Waals surface area contributed by atoms with E-state index >= 15 is 8.78 Å². The number of piperidine rings is 1. The molecule has 9 rings (SSSR count). The van der Waals surface area contributed by atoms with Crippen molar-refractivity contribution >= 4 is 33.2 Å². The van der Waals surface area contributed by atoms with E-state index in [9.17, 15) is 13.9 Å². The second kappa shape index (κ2) is 12.3. The van der Waals surface area contributed by atoms with Crippen molar-refractivity contribution in [3.63, 3.8) is 0 Å². The maximum Gasteiger partial charge on any atom is 0.319 e. The Kier molecular flexibility index (Phi) is 7.71. The number of halogens is 4. The van der Waals surface area contributed by atoms with Crippen LogP contribution in [0.4, 0.5) is 23.4 Å². The van der Waals surface area contributed by atoms with E-state index in [2.05, 4.69) is 24.9 Å². The lowest BCUT2D eigenvalue weighted by Crippen LogP contribution is -2.44. The summed E-state index contributed by atoms with van der Waals surface area (Å²) in [6, 6.07) is 14.0. The molecule has 0 amide bonds. The van der Waals surface area contributed by atoms with E-state index in [1.807, 2.05) is 30.3 Å². The number of alkyl halides is 1. The highest BCUT2D eigenvalue weighted by Gasteiger charge is 2.49. The van der Waals surface area contributed by atoms with E-state index < -0.39 is 29.2 Å². The number of aromatic nitrogens is 3. The van der Waals surface area contributed by atoms with Gasteiger partial charge in [0, 0.05) is 55.0 Å². The van der Waals surface area contributed by atoms with Crippen LogP contribution in [0.2, 0.25) is 0 Å². The van der Waals surface area contributed by atoms with E-state index in [1.165, 1.54) is 18.3 Å². The number of fused-ring (bicyclic) bond motifs is 5. The summed E-state index contributed by atoms with van der Waals surface area (Å²) in [6.07, 6.45) is 4.30. The van der Waals surface area contributed by atoms with Gasteiger partial charge in [-0.25, -0.2) is 17.6 Å². The van der Waals surface area contributed by atoms with Crippen molar-refractivity contribution in [3.8, 4) is 28.8 Å². The number of para-hydroxylation sites is 1. The molecule has 2 bridgehead atoms. The summed E-state index contributed by atoms with van der Waals surface area (Å²) in [5, 5.41) is 15.3. The normalized spacial score (nSPS) is 24.4. The van der Waals surface area contributed by atoms with Crippen LogP contribution >= 0.6 is 0 Å². The summed E-state index contributed by atoms with van der Waals surface area (Å²) >= 11 is 0. The Morgan fingerprint density at radius 3 is 2.57 bits per heavy atom. The predicted octanol–water partition coefficient (Wildman–Crippen LogP) is 7.20. The van der Waals surface area contributed by atoms with Crippen LogP contribution in [-0.2, 0) is 0 Å². The van der Waals surface area contributed by atoms with Gasteiger partial charge in [0.1, 0.15) is 35.6 Å². The quantitative estimate of drug-likeness (QED) is 0.141. The second-order valence-electron chi connectivity index (χ2n) is 14.1. The van der Waals surface area contributed by atoms with Crippen molar-refractivity contribution in [2.45, 2.75) is 43.8 Å². The third kappa shape index (κ3) is 5.49. The molecule has 4 fully saturated rings. The van der Waals surface area contributed by atoms with Crippen LogP contribution in [0, 0.1) is 29.3 Å². The fourth-order valence-electron chi connectivity index (χ4n) is 8.65. The highest BCUT2D eigenvalue weighted by molar-refractivity contribution is 6.00. The average molecular weight is 699 g/mol. The van der Waals surface area contributed by atoms with Crippen molar-refractivity contribution in [2.24, 2.45) is 17.0 Å². The molecule has 13 heteroatoms. The first-order valence-electron chi connectivity index (χ1n) is 17.3. The molecule has 3 aromatic carbocycles. The summed E-state index contributed by atoms with van der Waals surface area (Å²) in [6.45, 7) is 2.33. The van der Waals surface area contributed by atoms with Gasteiger partial charge in [0.2, 0.25) is 0 Å². The SMILES string of the molecule is Oc1cc(-c2ncc3c(N4CC5CCC(C4)C5=NOc4ccccc4)nc(OC[C@@]45CCCN4C[C@H](F)C5)nc3c2F)c2c(F)c(F)ccc2c1. The molecule has 2 unspecified atom stereocenters. The molecule has 51 heavy (non-hydrogen) atoms. The molecular weight excluding hydrogens is 664 g/mol. The Bertz CT molecular complexity index is 2190. The van der Waals surface area contributed by atoms with Gasteiger partial charge in [0.15, 0.2) is 23.2 Å². The van der Waals surface area contributed by atoms with Crippen LogP contribution in [-0.4, -0.2) is 75.2 Å². The van der Waals surface area contributed by atoms with Crippen LogP contribution < -0.4 is 14.5 Å². The number of ether oxygens (including phenoxy) is 1. The molecule has 1 aliphatic carbocycles. The van der Waals surface area contributed by atoms with Gasteiger partial charge in [0.25, 0.3) is 0 Å². The van der Waals surface area contributed by atoms with Crippen molar-refractivity contribution in [3.05, 3.63) is 78.2 Å². The van der Waals surface area contributed by atoms with Gasteiger partial charge in [-0.3, -0.25) is 9.88 Å². The number of aromatic hydroxyl groups is 1. The zero-order valence-corrected chi connectivity index (χ0v) is 27.5. The number of rotatable bonds is 7. The molecule has 4 atom stereocenters. The van der Waals surface area contributed by atoms with E-state index in [4.69, 9.17) is 14.6 Å². The van der Waals surface area contributed by atoms with Crippen molar-refractivity contribution < 1.29 is 32.2 Å². The zero-order chi connectivity index (χ0) is 34.9. The largest absolute Gasteiger partial charge is 0.508 e. The van der Waals surface area contributed by atoms with Gasteiger partial charge < -0.3 is 19.6 Å². The van der Waals surface area contributed by atoms with Crippen LogP contribution in [0.15, 0.2) is 65.9 Å². The lowest BCUT2D eigenvalue weighted by atomic mass is 9.95. The molecule has 5 aromatic rings. The molecule has 3 aliphatic heterocycles. The van der Waals surface area contributed by atoms with Crippen LogP contribution in [0.1, 0.15) is 32.1 Å². The molecule has 2 aromatic heterocycles. The molecule has 0 radical (unpaired) electrons. The first-order chi connectivity index (χ1) is 24.8. The molecule has 9 nitrogen and oxygen atoms in total. The Labute approximate surface area is 290 Å². The second-order valence-corrected chi connectivity index (χ2v) is 14.1. The van der Waals surface area contributed by atoms with Gasteiger partial charge in [-0.1, -0.05) is 29.4 Å². The van der Waals surface area contributed by atoms with E-state index in [-0.39, 0.29) is 57.7 Å². The zero-order valence-electron chi connectivity index (χ0n) is 27.5. The minimum atomic E-state index is -1.18. The Morgan fingerprint density at radius 2 is 1.76 bits per heavy atom. The van der Waals surface area contributed by atoms with Crippen LogP contribution in [0.3, 0.4) is 0 Å². The molecule has 1 N–H and O–H groups in total. The number of anilines is 1. The lowest BCUT2D eigenvalue weighted by molar-refractivity contribution is 0.107. The number of benzene rings is 3. The lowest BCUT2D eigenvalue weighted by Gasteiger charge is -2.34. The summed E-state index contributed by atoms with van der Waals surface area (Å²) in [7, 11) is 0. The molecule has 0 spiro atoms.